The molecule has 0 aliphatic carbocycles. The molecule has 6 heteroatoms. The molecule has 0 saturated carbocycles. The SMILES string of the molecule is CC(C)(C)NC(=O)Oc1cc(N)ccc1C(=O)N1CCCCC1. The van der Waals surface area contributed by atoms with Crippen molar-refractivity contribution >= 4 is 17.7 Å². The van der Waals surface area contributed by atoms with Gasteiger partial charge in [0.25, 0.3) is 5.91 Å². The minimum atomic E-state index is -0.601. The van der Waals surface area contributed by atoms with Crippen LogP contribution in [0.25, 0.3) is 0 Å². The molecule has 1 aliphatic heterocycles. The van der Waals surface area contributed by atoms with Crippen LogP contribution in [0.5, 0.6) is 5.75 Å². The zero-order valence-electron chi connectivity index (χ0n) is 14.0. The Morgan fingerprint density at radius 1 is 1.17 bits per heavy atom. The molecule has 23 heavy (non-hydrogen) atoms. The molecule has 1 aromatic carbocycles. The number of anilines is 1. The fourth-order valence-electron chi connectivity index (χ4n) is 2.50. The molecule has 0 aromatic heterocycles. The third kappa shape index (κ3) is 4.87. The van der Waals surface area contributed by atoms with Gasteiger partial charge in [0, 0.05) is 30.4 Å². The van der Waals surface area contributed by atoms with Crippen molar-refractivity contribution in [2.45, 2.75) is 45.6 Å². The number of amides is 2. The van der Waals surface area contributed by atoms with E-state index in [4.69, 9.17) is 10.5 Å². The Balaban J connectivity index is 2.19. The van der Waals surface area contributed by atoms with E-state index in [1.54, 1.807) is 17.0 Å². The van der Waals surface area contributed by atoms with Gasteiger partial charge in [-0.05, 0) is 52.2 Å². The number of nitrogens with zero attached hydrogens (tertiary/aromatic N) is 1. The summed E-state index contributed by atoms with van der Waals surface area (Å²) in [7, 11) is 0. The number of hydrogen-bond acceptors (Lipinski definition) is 4. The molecule has 1 aromatic rings. The van der Waals surface area contributed by atoms with Crippen LogP contribution in [0.4, 0.5) is 10.5 Å². The number of rotatable bonds is 2. The van der Waals surface area contributed by atoms with E-state index >= 15 is 0 Å². The Kier molecular flexibility index (Phi) is 5.13. The number of likely N-dealkylation sites (tertiary alicyclic amines) is 1. The minimum absolute atomic E-state index is 0.122. The molecular weight excluding hydrogens is 294 g/mol. The Hall–Kier alpha value is -2.24. The van der Waals surface area contributed by atoms with Gasteiger partial charge in [0.2, 0.25) is 0 Å². The van der Waals surface area contributed by atoms with E-state index in [2.05, 4.69) is 5.32 Å². The van der Waals surface area contributed by atoms with E-state index < -0.39 is 11.6 Å². The van der Waals surface area contributed by atoms with Crippen LogP contribution >= 0.6 is 0 Å². The molecule has 0 atom stereocenters. The highest BCUT2D eigenvalue weighted by Gasteiger charge is 2.23. The lowest BCUT2D eigenvalue weighted by Gasteiger charge is -2.27. The molecule has 0 spiro atoms. The lowest BCUT2D eigenvalue weighted by Crippen LogP contribution is -2.42. The predicted molar refractivity (Wildman–Crippen MR) is 89.5 cm³/mol. The van der Waals surface area contributed by atoms with Crippen LogP contribution in [0, 0.1) is 0 Å². The maximum atomic E-state index is 12.7. The van der Waals surface area contributed by atoms with Crippen LogP contribution in [0.2, 0.25) is 0 Å². The summed E-state index contributed by atoms with van der Waals surface area (Å²) in [5.41, 5.74) is 6.16. The summed E-state index contributed by atoms with van der Waals surface area (Å²) >= 11 is 0. The topological polar surface area (TPSA) is 84.7 Å². The normalized spacial score (nSPS) is 15.2. The van der Waals surface area contributed by atoms with Crippen molar-refractivity contribution in [3.63, 3.8) is 0 Å². The van der Waals surface area contributed by atoms with E-state index in [9.17, 15) is 9.59 Å². The van der Waals surface area contributed by atoms with E-state index in [0.29, 0.717) is 11.3 Å². The predicted octanol–water partition coefficient (Wildman–Crippen LogP) is 2.78. The maximum Gasteiger partial charge on any atom is 0.413 e. The summed E-state index contributed by atoms with van der Waals surface area (Å²) in [4.78, 5) is 26.5. The molecule has 0 bridgehead atoms. The molecule has 2 rings (SSSR count). The van der Waals surface area contributed by atoms with Crippen molar-refractivity contribution in [2.75, 3.05) is 18.8 Å². The lowest BCUT2D eigenvalue weighted by atomic mass is 10.1. The number of benzene rings is 1. The van der Waals surface area contributed by atoms with Gasteiger partial charge in [-0.2, -0.15) is 0 Å². The number of piperidine rings is 1. The van der Waals surface area contributed by atoms with Crippen molar-refractivity contribution in [3.8, 4) is 5.75 Å². The molecule has 1 aliphatic rings. The van der Waals surface area contributed by atoms with Crippen molar-refractivity contribution in [3.05, 3.63) is 23.8 Å². The first kappa shape index (κ1) is 17.1. The first-order chi connectivity index (χ1) is 10.8. The molecule has 3 N–H and O–H groups in total. The molecule has 2 amide bonds. The largest absolute Gasteiger partial charge is 0.413 e. The number of carbonyl (C=O) groups excluding carboxylic acids is 2. The first-order valence-corrected chi connectivity index (χ1v) is 7.95. The number of nitrogen functional groups attached to an aromatic ring is 1. The highest BCUT2D eigenvalue weighted by molar-refractivity contribution is 5.98. The van der Waals surface area contributed by atoms with Crippen LogP contribution in [0.15, 0.2) is 18.2 Å². The molecule has 1 heterocycles. The van der Waals surface area contributed by atoms with E-state index in [1.165, 1.54) is 6.07 Å². The monoisotopic (exact) mass is 319 g/mol. The summed E-state index contributed by atoms with van der Waals surface area (Å²) in [5.74, 6) is 0.0746. The van der Waals surface area contributed by atoms with Crippen LogP contribution in [0.3, 0.4) is 0 Å². The highest BCUT2D eigenvalue weighted by Crippen LogP contribution is 2.25. The van der Waals surface area contributed by atoms with Crippen molar-refractivity contribution in [1.29, 1.82) is 0 Å². The Morgan fingerprint density at radius 3 is 2.43 bits per heavy atom. The Bertz CT molecular complexity index is 587. The first-order valence-electron chi connectivity index (χ1n) is 7.95. The van der Waals surface area contributed by atoms with Gasteiger partial charge in [-0.3, -0.25) is 4.79 Å². The number of nitrogens with two attached hydrogens (primary N) is 1. The zero-order valence-corrected chi connectivity index (χ0v) is 14.0. The quantitative estimate of drug-likeness (QED) is 0.821. The van der Waals surface area contributed by atoms with E-state index in [1.807, 2.05) is 20.8 Å². The fraction of sp³-hybridized carbons (Fsp3) is 0.529. The lowest BCUT2D eigenvalue weighted by molar-refractivity contribution is 0.0721. The summed E-state index contributed by atoms with van der Waals surface area (Å²) in [6.07, 6.45) is 2.54. The second-order valence-electron chi connectivity index (χ2n) is 6.87. The summed E-state index contributed by atoms with van der Waals surface area (Å²) < 4.78 is 5.34. The van der Waals surface area contributed by atoms with Crippen LogP contribution in [-0.2, 0) is 0 Å². The van der Waals surface area contributed by atoms with Gasteiger partial charge in [-0.25, -0.2) is 4.79 Å². The van der Waals surface area contributed by atoms with Gasteiger partial charge in [-0.15, -0.1) is 0 Å². The van der Waals surface area contributed by atoms with Crippen molar-refractivity contribution in [1.82, 2.24) is 10.2 Å². The Labute approximate surface area is 137 Å². The van der Waals surface area contributed by atoms with Gasteiger partial charge in [0.05, 0.1) is 5.56 Å². The van der Waals surface area contributed by atoms with Crippen LogP contribution in [0.1, 0.15) is 50.4 Å². The van der Waals surface area contributed by atoms with Gasteiger partial charge >= 0.3 is 6.09 Å². The summed E-state index contributed by atoms with van der Waals surface area (Å²) in [6, 6.07) is 4.77. The molecule has 0 radical (unpaired) electrons. The van der Waals surface area contributed by atoms with Gasteiger partial charge < -0.3 is 20.7 Å². The van der Waals surface area contributed by atoms with Gasteiger partial charge in [-0.1, -0.05) is 0 Å². The second-order valence-corrected chi connectivity index (χ2v) is 6.87. The minimum Gasteiger partial charge on any atom is -0.409 e. The molecule has 126 valence electrons. The zero-order chi connectivity index (χ0) is 17.0. The average molecular weight is 319 g/mol. The van der Waals surface area contributed by atoms with Crippen LogP contribution < -0.4 is 15.8 Å². The fourth-order valence-corrected chi connectivity index (χ4v) is 2.50. The molecular formula is C17H25N3O3. The molecule has 1 fully saturated rings. The smallest absolute Gasteiger partial charge is 0.409 e. The summed E-state index contributed by atoms with van der Waals surface area (Å²) in [6.45, 7) is 7.03. The van der Waals surface area contributed by atoms with E-state index in [-0.39, 0.29) is 11.7 Å². The number of nitrogens with one attached hydrogen (secondary N) is 1. The summed E-state index contributed by atoms with van der Waals surface area (Å²) in [5, 5.41) is 2.71. The highest BCUT2D eigenvalue weighted by atomic mass is 16.6. The van der Waals surface area contributed by atoms with E-state index in [0.717, 1.165) is 32.4 Å². The standard InChI is InChI=1S/C17H25N3O3/c1-17(2,3)19-16(22)23-14-11-12(18)7-8-13(14)15(21)20-9-5-4-6-10-20/h7-8,11H,4-6,9-10,18H2,1-3H3,(H,19,22). The Morgan fingerprint density at radius 2 is 1.83 bits per heavy atom. The van der Waals surface area contributed by atoms with Crippen LogP contribution in [-0.4, -0.2) is 35.5 Å². The van der Waals surface area contributed by atoms with Gasteiger partial charge in [0.15, 0.2) is 0 Å². The molecule has 0 unspecified atom stereocenters. The molecule has 1 saturated heterocycles. The average Bonchev–Trinajstić information content (AvgIpc) is 2.45. The third-order valence-electron chi connectivity index (χ3n) is 3.56. The third-order valence-corrected chi connectivity index (χ3v) is 3.56. The number of hydrogen-bond donors (Lipinski definition) is 2. The maximum absolute atomic E-state index is 12.7. The van der Waals surface area contributed by atoms with Gasteiger partial charge in [0.1, 0.15) is 5.75 Å². The number of ether oxygens (including phenoxy) is 1. The second kappa shape index (κ2) is 6.89. The van der Waals surface area contributed by atoms with Crippen molar-refractivity contribution in [2.24, 2.45) is 0 Å². The molecule has 6 nitrogen and oxygen atoms in total. The number of carbonyl (C=O) groups is 2. The van der Waals surface area contributed by atoms with Crippen molar-refractivity contribution < 1.29 is 14.3 Å².